The molecule has 0 heterocycles. The molecular weight excluding hydrogens is 271 g/mol. The van der Waals surface area contributed by atoms with Gasteiger partial charge in [-0.15, -0.1) is 0 Å². The predicted octanol–water partition coefficient (Wildman–Crippen LogP) is 3.02. The van der Waals surface area contributed by atoms with E-state index >= 15 is 0 Å². The van der Waals surface area contributed by atoms with E-state index in [-0.39, 0.29) is 11.3 Å². The fraction of sp³-hybridized carbons (Fsp3) is 0. The van der Waals surface area contributed by atoms with Gasteiger partial charge < -0.3 is 16.2 Å². The summed E-state index contributed by atoms with van der Waals surface area (Å²) in [4.78, 5) is 11.8. The van der Waals surface area contributed by atoms with Crippen molar-refractivity contribution < 1.29 is 14.3 Å². The first-order valence-electron chi connectivity index (χ1n) is 5.32. The van der Waals surface area contributed by atoms with Crippen LogP contribution in [0.4, 0.5) is 15.8 Å². The summed E-state index contributed by atoms with van der Waals surface area (Å²) in [5.41, 5.74) is 6.13. The minimum atomic E-state index is -0.806. The number of amides is 1. The third-order valence-corrected chi connectivity index (χ3v) is 2.80. The molecule has 19 heavy (non-hydrogen) atoms. The number of hydrogen-bond donors (Lipinski definition) is 3. The van der Waals surface area contributed by atoms with E-state index in [4.69, 9.17) is 22.4 Å². The molecule has 2 aromatic rings. The fourth-order valence-electron chi connectivity index (χ4n) is 1.51. The largest absolute Gasteiger partial charge is 0.508 e. The molecule has 4 N–H and O–H groups in total. The Morgan fingerprint density at radius 1 is 1.26 bits per heavy atom. The van der Waals surface area contributed by atoms with Gasteiger partial charge in [0.05, 0.1) is 16.3 Å². The lowest BCUT2D eigenvalue weighted by Gasteiger charge is -2.07. The second kappa shape index (κ2) is 5.16. The van der Waals surface area contributed by atoms with Gasteiger partial charge in [-0.1, -0.05) is 11.6 Å². The Morgan fingerprint density at radius 2 is 2.00 bits per heavy atom. The number of benzene rings is 2. The van der Waals surface area contributed by atoms with Crippen LogP contribution in [0.15, 0.2) is 36.4 Å². The molecule has 0 unspecified atom stereocenters. The summed E-state index contributed by atoms with van der Waals surface area (Å²) in [6.07, 6.45) is 0. The van der Waals surface area contributed by atoms with Gasteiger partial charge in [0.25, 0.3) is 5.91 Å². The van der Waals surface area contributed by atoms with Gasteiger partial charge in [0, 0.05) is 11.8 Å². The first kappa shape index (κ1) is 13.2. The number of hydrogen-bond acceptors (Lipinski definition) is 3. The minimum absolute atomic E-state index is 0.175. The van der Waals surface area contributed by atoms with Crippen molar-refractivity contribution in [3.63, 3.8) is 0 Å². The highest BCUT2D eigenvalue weighted by Gasteiger charge is 2.12. The zero-order valence-corrected chi connectivity index (χ0v) is 10.4. The van der Waals surface area contributed by atoms with E-state index < -0.39 is 11.7 Å². The first-order valence-corrected chi connectivity index (χ1v) is 5.70. The Labute approximate surface area is 113 Å². The number of halogens is 2. The number of anilines is 2. The number of carbonyl (C=O) groups is 1. The second-order valence-corrected chi connectivity index (χ2v) is 4.26. The summed E-state index contributed by atoms with van der Waals surface area (Å²) in [5, 5.41) is 11.9. The molecule has 0 saturated carbocycles. The molecule has 2 aromatic carbocycles. The van der Waals surface area contributed by atoms with Gasteiger partial charge in [-0.25, -0.2) is 4.39 Å². The number of aromatic hydroxyl groups is 1. The van der Waals surface area contributed by atoms with Gasteiger partial charge >= 0.3 is 0 Å². The van der Waals surface area contributed by atoms with Crippen molar-refractivity contribution >= 4 is 28.9 Å². The Hall–Kier alpha value is -2.27. The molecule has 0 aliphatic carbocycles. The van der Waals surface area contributed by atoms with Crippen LogP contribution in [0, 0.1) is 5.82 Å². The summed E-state index contributed by atoms with van der Waals surface area (Å²) < 4.78 is 13.5. The lowest BCUT2D eigenvalue weighted by atomic mass is 10.2. The number of phenols is 1. The molecule has 0 atom stereocenters. The Kier molecular flexibility index (Phi) is 3.57. The predicted molar refractivity (Wildman–Crippen MR) is 71.9 cm³/mol. The maximum atomic E-state index is 13.5. The molecule has 98 valence electrons. The van der Waals surface area contributed by atoms with Gasteiger partial charge in [-0.3, -0.25) is 4.79 Å². The SMILES string of the molecule is Nc1cc(NC(=O)c2ccc(O)cc2F)ccc1Cl. The molecular formula is C13H10ClFN2O2. The van der Waals surface area contributed by atoms with Crippen LogP contribution in [0.25, 0.3) is 0 Å². The number of rotatable bonds is 2. The van der Waals surface area contributed by atoms with E-state index in [0.29, 0.717) is 16.4 Å². The summed E-state index contributed by atoms with van der Waals surface area (Å²) in [6.45, 7) is 0. The first-order chi connectivity index (χ1) is 8.97. The van der Waals surface area contributed by atoms with Crippen LogP contribution in [0.3, 0.4) is 0 Å². The normalized spacial score (nSPS) is 10.2. The number of carbonyl (C=O) groups excluding carboxylic acids is 1. The highest BCUT2D eigenvalue weighted by Crippen LogP contribution is 2.23. The van der Waals surface area contributed by atoms with Crippen LogP contribution in [-0.4, -0.2) is 11.0 Å². The van der Waals surface area contributed by atoms with E-state index in [1.165, 1.54) is 24.3 Å². The maximum absolute atomic E-state index is 13.5. The van der Waals surface area contributed by atoms with Gasteiger partial charge in [-0.05, 0) is 30.3 Å². The monoisotopic (exact) mass is 280 g/mol. The average Bonchev–Trinajstić information content (AvgIpc) is 2.33. The van der Waals surface area contributed by atoms with Crippen molar-refractivity contribution in [1.29, 1.82) is 0 Å². The van der Waals surface area contributed by atoms with Crippen molar-refractivity contribution in [2.45, 2.75) is 0 Å². The summed E-state index contributed by atoms with van der Waals surface area (Å²) in [6, 6.07) is 7.84. The molecule has 2 rings (SSSR count). The third-order valence-electron chi connectivity index (χ3n) is 2.45. The van der Waals surface area contributed by atoms with Gasteiger partial charge in [-0.2, -0.15) is 0 Å². The molecule has 4 nitrogen and oxygen atoms in total. The lowest BCUT2D eigenvalue weighted by molar-refractivity contribution is 0.102. The molecule has 0 bridgehead atoms. The minimum Gasteiger partial charge on any atom is -0.508 e. The highest BCUT2D eigenvalue weighted by molar-refractivity contribution is 6.33. The van der Waals surface area contributed by atoms with Crippen molar-refractivity contribution in [2.75, 3.05) is 11.1 Å². The van der Waals surface area contributed by atoms with Gasteiger partial charge in [0.1, 0.15) is 11.6 Å². The van der Waals surface area contributed by atoms with E-state index in [0.717, 1.165) is 6.07 Å². The third kappa shape index (κ3) is 2.95. The Morgan fingerprint density at radius 3 is 2.63 bits per heavy atom. The molecule has 0 spiro atoms. The van der Waals surface area contributed by atoms with Crippen molar-refractivity contribution in [3.8, 4) is 5.75 Å². The molecule has 0 radical (unpaired) electrons. The van der Waals surface area contributed by atoms with Crippen molar-refractivity contribution in [1.82, 2.24) is 0 Å². The van der Waals surface area contributed by atoms with Crippen LogP contribution in [0.2, 0.25) is 5.02 Å². The molecule has 0 aliphatic rings. The average molecular weight is 281 g/mol. The van der Waals surface area contributed by atoms with E-state index in [1.807, 2.05) is 0 Å². The van der Waals surface area contributed by atoms with Crippen LogP contribution in [0.1, 0.15) is 10.4 Å². The van der Waals surface area contributed by atoms with Gasteiger partial charge in [0.2, 0.25) is 0 Å². The highest BCUT2D eigenvalue weighted by atomic mass is 35.5. The van der Waals surface area contributed by atoms with Crippen molar-refractivity contribution in [3.05, 3.63) is 52.8 Å². The smallest absolute Gasteiger partial charge is 0.258 e. The summed E-state index contributed by atoms with van der Waals surface area (Å²) in [5.74, 6) is -1.69. The zero-order chi connectivity index (χ0) is 14.0. The second-order valence-electron chi connectivity index (χ2n) is 3.85. The Bertz CT molecular complexity index is 647. The zero-order valence-electron chi connectivity index (χ0n) is 9.65. The molecule has 1 amide bonds. The molecule has 0 aliphatic heterocycles. The number of nitrogens with two attached hydrogens (primary N) is 1. The van der Waals surface area contributed by atoms with Gasteiger partial charge in [0.15, 0.2) is 0 Å². The quantitative estimate of drug-likeness (QED) is 0.740. The fourth-order valence-corrected chi connectivity index (χ4v) is 1.63. The van der Waals surface area contributed by atoms with Crippen LogP contribution in [-0.2, 0) is 0 Å². The number of nitrogen functional groups attached to an aromatic ring is 1. The standard InChI is InChI=1S/C13H10ClFN2O2/c14-10-4-1-7(5-12(10)16)17-13(19)9-3-2-8(18)6-11(9)15/h1-6,18H,16H2,(H,17,19). The lowest BCUT2D eigenvalue weighted by Crippen LogP contribution is -2.13. The topological polar surface area (TPSA) is 75.3 Å². The maximum Gasteiger partial charge on any atom is 0.258 e. The van der Waals surface area contributed by atoms with E-state index in [1.54, 1.807) is 6.07 Å². The van der Waals surface area contributed by atoms with E-state index in [2.05, 4.69) is 5.32 Å². The van der Waals surface area contributed by atoms with Crippen LogP contribution < -0.4 is 11.1 Å². The van der Waals surface area contributed by atoms with Crippen molar-refractivity contribution in [2.24, 2.45) is 0 Å². The van der Waals surface area contributed by atoms with E-state index in [9.17, 15) is 9.18 Å². The number of nitrogens with one attached hydrogen (secondary N) is 1. The molecule has 0 aromatic heterocycles. The Balaban J connectivity index is 2.23. The summed E-state index contributed by atoms with van der Waals surface area (Å²) >= 11 is 5.75. The number of phenolic OH excluding ortho intramolecular Hbond substituents is 1. The van der Waals surface area contributed by atoms with Crippen LogP contribution in [0.5, 0.6) is 5.75 Å². The van der Waals surface area contributed by atoms with Crippen LogP contribution >= 0.6 is 11.6 Å². The summed E-state index contributed by atoms with van der Waals surface area (Å²) in [7, 11) is 0. The molecule has 6 heteroatoms. The molecule has 0 saturated heterocycles. The molecule has 0 fully saturated rings.